The van der Waals surface area contributed by atoms with Crippen molar-refractivity contribution in [2.75, 3.05) is 0 Å². The normalized spacial score (nSPS) is 21.6. The molecule has 2 aliphatic carbocycles. The summed E-state index contributed by atoms with van der Waals surface area (Å²) in [6.07, 6.45) is 11.2. The number of aryl methyl sites for hydroxylation is 3. The molecule has 16 heavy (non-hydrogen) atoms. The molecule has 0 aromatic carbocycles. The molecule has 1 heterocycles. The van der Waals surface area contributed by atoms with Crippen LogP contribution in [0.4, 0.5) is 0 Å². The molecule has 0 saturated heterocycles. The molecule has 1 fully saturated rings. The van der Waals surface area contributed by atoms with Crippen LogP contribution < -0.4 is 5.73 Å². The summed E-state index contributed by atoms with van der Waals surface area (Å²) in [7, 11) is 0. The van der Waals surface area contributed by atoms with Crippen LogP contribution >= 0.6 is 0 Å². The summed E-state index contributed by atoms with van der Waals surface area (Å²) in [6, 6.07) is 0. The highest BCUT2D eigenvalue weighted by Gasteiger charge is 2.37. The third-order valence-electron chi connectivity index (χ3n) is 3.83. The lowest BCUT2D eigenvalue weighted by Gasteiger charge is -2.15. The summed E-state index contributed by atoms with van der Waals surface area (Å²) >= 11 is 0. The molecule has 2 N–H and O–H groups in total. The van der Waals surface area contributed by atoms with Gasteiger partial charge in [0, 0.05) is 11.7 Å². The van der Waals surface area contributed by atoms with Crippen LogP contribution in [0, 0.1) is 0 Å². The van der Waals surface area contributed by atoms with Crippen LogP contribution in [0.2, 0.25) is 0 Å². The summed E-state index contributed by atoms with van der Waals surface area (Å²) < 4.78 is 0. The molecular formula is C13H19N3. The van der Waals surface area contributed by atoms with Gasteiger partial charge >= 0.3 is 0 Å². The molecule has 0 atom stereocenters. The fourth-order valence-electron chi connectivity index (χ4n) is 2.40. The van der Waals surface area contributed by atoms with Gasteiger partial charge in [-0.3, -0.25) is 9.97 Å². The third kappa shape index (κ3) is 2.09. The molecule has 0 unspecified atom stereocenters. The molecular weight excluding hydrogens is 198 g/mol. The highest BCUT2D eigenvalue weighted by molar-refractivity contribution is 5.17. The standard InChI is InChI=1S/C13H19N3/c14-13(7-8-13)6-5-10-9-15-11-3-1-2-4-12(11)16-10/h9H,1-8,14H2. The van der Waals surface area contributed by atoms with Crippen molar-refractivity contribution in [3.05, 3.63) is 23.3 Å². The second kappa shape index (κ2) is 3.81. The minimum atomic E-state index is 0.136. The average molecular weight is 217 g/mol. The molecule has 1 saturated carbocycles. The van der Waals surface area contributed by atoms with Crippen molar-refractivity contribution in [3.8, 4) is 0 Å². The Morgan fingerprint density at radius 1 is 1.19 bits per heavy atom. The number of nitrogens with two attached hydrogens (primary N) is 1. The molecule has 3 heteroatoms. The fourth-order valence-corrected chi connectivity index (χ4v) is 2.40. The summed E-state index contributed by atoms with van der Waals surface area (Å²) in [5.41, 5.74) is 9.82. The smallest absolute Gasteiger partial charge is 0.0622 e. The van der Waals surface area contributed by atoms with Crippen molar-refractivity contribution >= 4 is 0 Å². The van der Waals surface area contributed by atoms with Crippen LogP contribution in [0.15, 0.2) is 6.20 Å². The number of nitrogens with zero attached hydrogens (tertiary/aromatic N) is 2. The van der Waals surface area contributed by atoms with Gasteiger partial charge in [0.1, 0.15) is 0 Å². The van der Waals surface area contributed by atoms with Crippen molar-refractivity contribution in [2.45, 2.75) is 56.9 Å². The SMILES string of the molecule is NC1(CCc2cnc3c(n2)CCCC3)CC1. The van der Waals surface area contributed by atoms with E-state index in [2.05, 4.69) is 4.98 Å². The molecule has 1 aromatic rings. The number of aromatic nitrogens is 2. The Bertz CT molecular complexity index is 396. The Kier molecular flexibility index (Phi) is 2.43. The van der Waals surface area contributed by atoms with Gasteiger partial charge in [0.15, 0.2) is 0 Å². The van der Waals surface area contributed by atoms with E-state index in [0.29, 0.717) is 0 Å². The van der Waals surface area contributed by atoms with Crippen LogP contribution in [-0.2, 0) is 19.3 Å². The molecule has 0 amide bonds. The Labute approximate surface area is 96.5 Å². The summed E-state index contributed by atoms with van der Waals surface area (Å²) in [4.78, 5) is 9.26. The zero-order valence-corrected chi connectivity index (χ0v) is 9.71. The minimum absolute atomic E-state index is 0.136. The van der Waals surface area contributed by atoms with Gasteiger partial charge in [-0.2, -0.15) is 0 Å². The lowest BCUT2D eigenvalue weighted by atomic mass is 10.00. The minimum Gasteiger partial charge on any atom is -0.325 e. The molecule has 0 radical (unpaired) electrons. The van der Waals surface area contributed by atoms with E-state index in [-0.39, 0.29) is 5.54 Å². The number of fused-ring (bicyclic) bond motifs is 1. The molecule has 3 nitrogen and oxygen atoms in total. The van der Waals surface area contributed by atoms with E-state index in [1.54, 1.807) is 0 Å². The monoisotopic (exact) mass is 217 g/mol. The third-order valence-corrected chi connectivity index (χ3v) is 3.83. The predicted octanol–water partition coefficient (Wildman–Crippen LogP) is 1.78. The van der Waals surface area contributed by atoms with E-state index in [1.165, 1.54) is 37.1 Å². The van der Waals surface area contributed by atoms with Crippen molar-refractivity contribution in [1.29, 1.82) is 0 Å². The zero-order chi connectivity index (χ0) is 11.0. The van der Waals surface area contributed by atoms with E-state index in [4.69, 9.17) is 10.7 Å². The largest absolute Gasteiger partial charge is 0.325 e. The first-order valence-corrected chi connectivity index (χ1v) is 6.38. The molecule has 0 aliphatic heterocycles. The van der Waals surface area contributed by atoms with Crippen molar-refractivity contribution < 1.29 is 0 Å². The molecule has 2 aliphatic rings. The number of rotatable bonds is 3. The second-order valence-corrected chi connectivity index (χ2v) is 5.32. The lowest BCUT2D eigenvalue weighted by Crippen LogP contribution is -2.22. The highest BCUT2D eigenvalue weighted by atomic mass is 14.8. The van der Waals surface area contributed by atoms with E-state index in [0.717, 1.165) is 31.4 Å². The van der Waals surface area contributed by atoms with E-state index >= 15 is 0 Å². The van der Waals surface area contributed by atoms with Crippen LogP contribution in [0.5, 0.6) is 0 Å². The molecule has 3 rings (SSSR count). The lowest BCUT2D eigenvalue weighted by molar-refractivity contribution is 0.592. The predicted molar refractivity (Wildman–Crippen MR) is 63.1 cm³/mol. The molecule has 86 valence electrons. The average Bonchev–Trinajstić information content (AvgIpc) is 3.05. The first-order chi connectivity index (χ1) is 7.75. The quantitative estimate of drug-likeness (QED) is 0.839. The second-order valence-electron chi connectivity index (χ2n) is 5.32. The van der Waals surface area contributed by atoms with Crippen LogP contribution in [0.3, 0.4) is 0 Å². The molecule has 1 aromatic heterocycles. The summed E-state index contributed by atoms with van der Waals surface area (Å²) in [6.45, 7) is 0. The molecule has 0 bridgehead atoms. The van der Waals surface area contributed by atoms with Gasteiger partial charge in [-0.05, 0) is 51.4 Å². The maximum absolute atomic E-state index is 6.08. The van der Waals surface area contributed by atoms with E-state index < -0.39 is 0 Å². The topological polar surface area (TPSA) is 51.8 Å². The van der Waals surface area contributed by atoms with Crippen molar-refractivity contribution in [3.63, 3.8) is 0 Å². The van der Waals surface area contributed by atoms with Crippen molar-refractivity contribution in [2.24, 2.45) is 5.73 Å². The van der Waals surface area contributed by atoms with Gasteiger partial charge in [-0.15, -0.1) is 0 Å². The number of hydrogen-bond donors (Lipinski definition) is 1. The Morgan fingerprint density at radius 3 is 2.69 bits per heavy atom. The molecule has 0 spiro atoms. The van der Waals surface area contributed by atoms with Crippen LogP contribution in [0.1, 0.15) is 49.2 Å². The van der Waals surface area contributed by atoms with Gasteiger partial charge in [0.05, 0.1) is 17.1 Å². The van der Waals surface area contributed by atoms with Crippen LogP contribution in [0.25, 0.3) is 0 Å². The first-order valence-electron chi connectivity index (χ1n) is 6.38. The van der Waals surface area contributed by atoms with Gasteiger partial charge in [0.2, 0.25) is 0 Å². The van der Waals surface area contributed by atoms with Gasteiger partial charge in [-0.1, -0.05) is 0 Å². The zero-order valence-electron chi connectivity index (χ0n) is 9.71. The van der Waals surface area contributed by atoms with E-state index in [1.807, 2.05) is 6.20 Å². The first kappa shape index (κ1) is 10.2. The van der Waals surface area contributed by atoms with Crippen molar-refractivity contribution in [1.82, 2.24) is 9.97 Å². The van der Waals surface area contributed by atoms with Gasteiger partial charge in [0.25, 0.3) is 0 Å². The van der Waals surface area contributed by atoms with Gasteiger partial charge in [-0.25, -0.2) is 0 Å². The Morgan fingerprint density at radius 2 is 1.94 bits per heavy atom. The van der Waals surface area contributed by atoms with Gasteiger partial charge < -0.3 is 5.73 Å². The highest BCUT2D eigenvalue weighted by Crippen LogP contribution is 2.36. The fraction of sp³-hybridized carbons (Fsp3) is 0.692. The van der Waals surface area contributed by atoms with Crippen LogP contribution in [-0.4, -0.2) is 15.5 Å². The Hall–Kier alpha value is -0.960. The Balaban J connectivity index is 1.70. The number of hydrogen-bond acceptors (Lipinski definition) is 3. The summed E-state index contributed by atoms with van der Waals surface area (Å²) in [5.74, 6) is 0. The van der Waals surface area contributed by atoms with E-state index in [9.17, 15) is 0 Å². The maximum Gasteiger partial charge on any atom is 0.0622 e. The summed E-state index contributed by atoms with van der Waals surface area (Å²) in [5, 5.41) is 0. The maximum atomic E-state index is 6.08.